The number of rotatable bonds is 5. The Morgan fingerprint density at radius 2 is 2.11 bits per heavy atom. The fourth-order valence-corrected chi connectivity index (χ4v) is 5.57. The van der Waals surface area contributed by atoms with E-state index in [2.05, 4.69) is 30.7 Å². The molecule has 1 aromatic carbocycles. The van der Waals surface area contributed by atoms with Gasteiger partial charge in [-0.2, -0.15) is 0 Å². The first kappa shape index (κ1) is 18.5. The van der Waals surface area contributed by atoms with E-state index in [4.69, 9.17) is 4.98 Å². The van der Waals surface area contributed by atoms with Gasteiger partial charge in [-0.25, -0.2) is 4.98 Å². The molecule has 3 heterocycles. The predicted octanol–water partition coefficient (Wildman–Crippen LogP) is 4.16. The number of aromatic nitrogens is 2. The molecule has 0 N–H and O–H groups in total. The summed E-state index contributed by atoms with van der Waals surface area (Å²) < 4.78 is 1.84. The van der Waals surface area contributed by atoms with Crippen molar-refractivity contribution in [2.45, 2.75) is 31.6 Å². The van der Waals surface area contributed by atoms with Crippen molar-refractivity contribution in [1.29, 1.82) is 0 Å². The van der Waals surface area contributed by atoms with Crippen molar-refractivity contribution < 1.29 is 0 Å². The van der Waals surface area contributed by atoms with Crippen molar-refractivity contribution in [2.75, 3.05) is 19.3 Å². The average Bonchev–Trinajstić information content (AvgIpc) is 3.00. The molecule has 27 heavy (non-hydrogen) atoms. The van der Waals surface area contributed by atoms with Crippen LogP contribution in [-0.2, 0) is 19.5 Å². The zero-order valence-electron chi connectivity index (χ0n) is 15.7. The maximum Gasteiger partial charge on any atom is 0.263 e. The standard InChI is InChI=1S/C21H23N3OS2/c1-14(2)13-26-21-22-19-18(16-9-10-23(3)12-17(16)27-19)20(25)24(21)11-15-7-5-4-6-8-15/h4-8H,1,9-13H2,2-3H3. The molecule has 0 amide bonds. The molecule has 0 aliphatic carbocycles. The van der Waals surface area contributed by atoms with E-state index >= 15 is 0 Å². The van der Waals surface area contributed by atoms with Gasteiger partial charge in [0.25, 0.3) is 5.56 Å². The highest BCUT2D eigenvalue weighted by atomic mass is 32.2. The number of thioether (sulfide) groups is 1. The first-order valence-electron chi connectivity index (χ1n) is 9.07. The first-order valence-corrected chi connectivity index (χ1v) is 10.9. The molecule has 0 radical (unpaired) electrons. The fourth-order valence-electron chi connectivity index (χ4n) is 3.39. The summed E-state index contributed by atoms with van der Waals surface area (Å²) in [5, 5.41) is 1.62. The Labute approximate surface area is 167 Å². The molecular weight excluding hydrogens is 374 g/mol. The highest BCUT2D eigenvalue weighted by molar-refractivity contribution is 7.99. The molecule has 0 unspecified atom stereocenters. The van der Waals surface area contributed by atoms with Gasteiger partial charge >= 0.3 is 0 Å². The lowest BCUT2D eigenvalue weighted by Crippen LogP contribution is -2.28. The maximum atomic E-state index is 13.5. The largest absolute Gasteiger partial charge is 0.301 e. The van der Waals surface area contributed by atoms with E-state index in [-0.39, 0.29) is 5.56 Å². The molecule has 2 aromatic heterocycles. The van der Waals surface area contributed by atoms with Crippen molar-refractivity contribution in [3.63, 3.8) is 0 Å². The Morgan fingerprint density at radius 3 is 2.85 bits per heavy atom. The van der Waals surface area contributed by atoms with Gasteiger partial charge in [0.2, 0.25) is 0 Å². The SMILES string of the molecule is C=C(C)CSc1nc2sc3c(c2c(=O)n1Cc1ccccc1)CCN(C)C3. The molecular formula is C21H23N3OS2. The molecule has 0 fully saturated rings. The molecule has 3 aromatic rings. The topological polar surface area (TPSA) is 38.1 Å². The normalized spacial score (nSPS) is 14.4. The lowest BCUT2D eigenvalue weighted by Gasteiger charge is -2.21. The van der Waals surface area contributed by atoms with Crippen LogP contribution < -0.4 is 5.56 Å². The van der Waals surface area contributed by atoms with Gasteiger partial charge < -0.3 is 4.90 Å². The van der Waals surface area contributed by atoms with Crippen LogP contribution in [0.2, 0.25) is 0 Å². The van der Waals surface area contributed by atoms with E-state index in [1.165, 1.54) is 10.4 Å². The van der Waals surface area contributed by atoms with E-state index in [0.29, 0.717) is 6.54 Å². The molecule has 4 rings (SSSR count). The highest BCUT2D eigenvalue weighted by Crippen LogP contribution is 2.33. The van der Waals surface area contributed by atoms with E-state index in [0.717, 1.165) is 51.8 Å². The number of thiophene rings is 1. The molecule has 4 nitrogen and oxygen atoms in total. The van der Waals surface area contributed by atoms with Crippen LogP contribution in [0.4, 0.5) is 0 Å². The van der Waals surface area contributed by atoms with E-state index in [9.17, 15) is 4.79 Å². The van der Waals surface area contributed by atoms with Crippen LogP contribution in [0.15, 0.2) is 52.4 Å². The summed E-state index contributed by atoms with van der Waals surface area (Å²) in [6.07, 6.45) is 0.923. The van der Waals surface area contributed by atoms with Gasteiger partial charge in [0.1, 0.15) is 4.83 Å². The minimum Gasteiger partial charge on any atom is -0.301 e. The summed E-state index contributed by atoms with van der Waals surface area (Å²) in [5.74, 6) is 0.764. The number of benzene rings is 1. The van der Waals surface area contributed by atoms with Crippen LogP contribution in [0.25, 0.3) is 10.2 Å². The monoisotopic (exact) mass is 397 g/mol. The summed E-state index contributed by atoms with van der Waals surface area (Å²) in [5.41, 5.74) is 3.49. The van der Waals surface area contributed by atoms with Crippen LogP contribution in [0.5, 0.6) is 0 Å². The van der Waals surface area contributed by atoms with Gasteiger partial charge in [-0.15, -0.1) is 11.3 Å². The van der Waals surface area contributed by atoms with Crippen LogP contribution >= 0.6 is 23.1 Å². The molecule has 1 aliphatic rings. The first-order chi connectivity index (χ1) is 13.0. The summed E-state index contributed by atoms with van der Waals surface area (Å²) >= 11 is 3.28. The summed E-state index contributed by atoms with van der Waals surface area (Å²) in [6, 6.07) is 10.1. The third-order valence-electron chi connectivity index (χ3n) is 4.75. The fraction of sp³-hybridized carbons (Fsp3) is 0.333. The lowest BCUT2D eigenvalue weighted by atomic mass is 10.1. The van der Waals surface area contributed by atoms with Crippen molar-refractivity contribution in [1.82, 2.24) is 14.5 Å². The van der Waals surface area contributed by atoms with Crippen LogP contribution in [-0.4, -0.2) is 33.8 Å². The van der Waals surface area contributed by atoms with Crippen molar-refractivity contribution in [3.05, 3.63) is 68.8 Å². The Hall–Kier alpha value is -1.89. The Bertz CT molecular complexity index is 1050. The second kappa shape index (κ2) is 7.62. The summed E-state index contributed by atoms with van der Waals surface area (Å²) in [7, 11) is 2.13. The minimum atomic E-state index is 0.0927. The van der Waals surface area contributed by atoms with E-state index in [1.54, 1.807) is 23.1 Å². The molecule has 0 atom stereocenters. The molecule has 6 heteroatoms. The van der Waals surface area contributed by atoms with Gasteiger partial charge in [-0.3, -0.25) is 9.36 Å². The van der Waals surface area contributed by atoms with Crippen molar-refractivity contribution >= 4 is 33.3 Å². The van der Waals surface area contributed by atoms with Crippen molar-refractivity contribution in [3.8, 4) is 0 Å². The number of fused-ring (bicyclic) bond motifs is 3. The Kier molecular flexibility index (Phi) is 5.21. The number of nitrogens with zero attached hydrogens (tertiary/aromatic N) is 3. The van der Waals surface area contributed by atoms with E-state index in [1.807, 2.05) is 29.7 Å². The number of hydrogen-bond acceptors (Lipinski definition) is 5. The average molecular weight is 398 g/mol. The van der Waals surface area contributed by atoms with Crippen molar-refractivity contribution in [2.24, 2.45) is 0 Å². The number of likely N-dealkylation sites (N-methyl/N-ethyl adjacent to an activating group) is 1. The Balaban J connectivity index is 1.86. The van der Waals surface area contributed by atoms with Gasteiger partial charge in [0.05, 0.1) is 11.9 Å². The highest BCUT2D eigenvalue weighted by Gasteiger charge is 2.24. The van der Waals surface area contributed by atoms with Gasteiger partial charge in [0.15, 0.2) is 5.16 Å². The van der Waals surface area contributed by atoms with Crippen LogP contribution in [0.3, 0.4) is 0 Å². The Morgan fingerprint density at radius 1 is 1.33 bits per heavy atom. The molecule has 0 bridgehead atoms. The van der Waals surface area contributed by atoms with Gasteiger partial charge in [0, 0.05) is 23.7 Å². The maximum absolute atomic E-state index is 13.5. The zero-order valence-corrected chi connectivity index (χ0v) is 17.3. The third kappa shape index (κ3) is 3.74. The quantitative estimate of drug-likeness (QED) is 0.368. The minimum absolute atomic E-state index is 0.0927. The lowest BCUT2D eigenvalue weighted by molar-refractivity contribution is 0.318. The van der Waals surface area contributed by atoms with Crippen LogP contribution in [0.1, 0.15) is 22.9 Å². The smallest absolute Gasteiger partial charge is 0.263 e. The molecule has 140 valence electrons. The molecule has 0 saturated carbocycles. The molecule has 1 aliphatic heterocycles. The second-order valence-electron chi connectivity index (χ2n) is 7.19. The summed E-state index contributed by atoms with van der Waals surface area (Å²) in [6.45, 7) is 8.44. The van der Waals surface area contributed by atoms with Crippen LogP contribution in [0, 0.1) is 0 Å². The molecule has 0 spiro atoms. The number of hydrogen-bond donors (Lipinski definition) is 0. The third-order valence-corrected chi connectivity index (χ3v) is 7.07. The second-order valence-corrected chi connectivity index (χ2v) is 9.21. The van der Waals surface area contributed by atoms with Gasteiger partial charge in [-0.05, 0) is 31.5 Å². The van der Waals surface area contributed by atoms with Gasteiger partial charge in [-0.1, -0.05) is 54.2 Å². The van der Waals surface area contributed by atoms with E-state index < -0.39 is 0 Å². The zero-order chi connectivity index (χ0) is 19.0. The summed E-state index contributed by atoms with van der Waals surface area (Å²) in [4.78, 5) is 22.9. The molecule has 0 saturated heterocycles. The predicted molar refractivity (Wildman–Crippen MR) is 115 cm³/mol.